The summed E-state index contributed by atoms with van der Waals surface area (Å²) in [4.78, 5) is 11.2. The third-order valence-corrected chi connectivity index (χ3v) is 3.39. The van der Waals surface area contributed by atoms with Gasteiger partial charge in [-0.15, -0.1) is 0 Å². The molecule has 0 bridgehead atoms. The zero-order chi connectivity index (χ0) is 14.2. The predicted molar refractivity (Wildman–Crippen MR) is 70.2 cm³/mol. The first kappa shape index (κ1) is 14.1. The van der Waals surface area contributed by atoms with Crippen molar-refractivity contribution in [3.63, 3.8) is 0 Å². The Labute approximate surface area is 116 Å². The van der Waals surface area contributed by atoms with Crippen molar-refractivity contribution in [3.8, 4) is 5.75 Å². The van der Waals surface area contributed by atoms with E-state index in [1.54, 1.807) is 13.8 Å². The van der Waals surface area contributed by atoms with Crippen molar-refractivity contribution < 1.29 is 19.0 Å². The summed E-state index contributed by atoms with van der Waals surface area (Å²) in [5, 5.41) is 9.36. The van der Waals surface area contributed by atoms with Crippen LogP contribution in [-0.4, -0.2) is 17.2 Å². The molecule has 0 atom stereocenters. The topological polar surface area (TPSA) is 46.5 Å². The van der Waals surface area contributed by atoms with E-state index in [4.69, 9.17) is 21.4 Å². The van der Waals surface area contributed by atoms with Crippen molar-refractivity contribution in [2.45, 2.75) is 39.2 Å². The minimum Gasteiger partial charge on any atom is -0.489 e. The van der Waals surface area contributed by atoms with Crippen LogP contribution in [0.5, 0.6) is 5.75 Å². The summed E-state index contributed by atoms with van der Waals surface area (Å²) >= 11 is 6.00. The number of hydrogen-bond donors (Lipinski definition) is 1. The molecule has 0 spiro atoms. The molecule has 1 aliphatic rings. The van der Waals surface area contributed by atoms with Crippen LogP contribution in [0, 0.1) is 11.2 Å². The molecule has 1 aliphatic carbocycles. The molecule has 1 aromatic rings. The maximum atomic E-state index is 13.4. The lowest BCUT2D eigenvalue weighted by molar-refractivity contribution is -0.146. The molecule has 1 N–H and O–H groups in total. The summed E-state index contributed by atoms with van der Waals surface area (Å²) in [5.74, 6) is -1.01. The largest absolute Gasteiger partial charge is 0.489 e. The summed E-state index contributed by atoms with van der Waals surface area (Å²) in [7, 11) is 0. The van der Waals surface area contributed by atoms with E-state index in [9.17, 15) is 9.18 Å². The van der Waals surface area contributed by atoms with Gasteiger partial charge in [-0.2, -0.15) is 0 Å². The number of rotatable bonds is 5. The number of carboxylic acids is 1. The van der Waals surface area contributed by atoms with Crippen molar-refractivity contribution in [1.82, 2.24) is 0 Å². The minimum atomic E-state index is -1.00. The quantitative estimate of drug-likeness (QED) is 0.898. The second-order valence-electron chi connectivity index (χ2n) is 5.56. The molecule has 2 rings (SSSR count). The van der Waals surface area contributed by atoms with Crippen LogP contribution < -0.4 is 4.74 Å². The predicted octanol–water partition coefficient (Wildman–Crippen LogP) is 3.67. The van der Waals surface area contributed by atoms with Gasteiger partial charge in [0.05, 0.1) is 16.5 Å². The van der Waals surface area contributed by atoms with E-state index in [2.05, 4.69) is 0 Å². The van der Waals surface area contributed by atoms with Gasteiger partial charge < -0.3 is 9.84 Å². The normalized spacial score (nSPS) is 15.4. The maximum Gasteiger partial charge on any atom is 0.309 e. The number of halogens is 2. The molecule has 1 aromatic carbocycles. The van der Waals surface area contributed by atoms with E-state index in [0.29, 0.717) is 11.3 Å². The van der Waals surface area contributed by atoms with Gasteiger partial charge in [0, 0.05) is 0 Å². The van der Waals surface area contributed by atoms with Crippen LogP contribution in [0.15, 0.2) is 12.1 Å². The Morgan fingerprint density at radius 2 is 2.16 bits per heavy atom. The second kappa shape index (κ2) is 5.00. The maximum absolute atomic E-state index is 13.4. The SMILES string of the molecule is CC(C)(Cc1cc(F)cc(Cl)c1OC1CC1)C(=O)O. The number of carbonyl (C=O) groups is 1. The van der Waals surface area contributed by atoms with Crippen LogP contribution in [0.2, 0.25) is 5.02 Å². The van der Waals surface area contributed by atoms with Crippen molar-refractivity contribution >= 4 is 17.6 Å². The van der Waals surface area contributed by atoms with Gasteiger partial charge in [-0.05, 0) is 50.8 Å². The molecule has 0 aliphatic heterocycles. The van der Waals surface area contributed by atoms with Gasteiger partial charge in [0.15, 0.2) is 0 Å². The molecule has 5 heteroatoms. The lowest BCUT2D eigenvalue weighted by atomic mass is 9.85. The average molecular weight is 287 g/mol. The van der Waals surface area contributed by atoms with Crippen molar-refractivity contribution in [1.29, 1.82) is 0 Å². The first-order valence-corrected chi connectivity index (χ1v) is 6.55. The monoisotopic (exact) mass is 286 g/mol. The second-order valence-corrected chi connectivity index (χ2v) is 5.97. The van der Waals surface area contributed by atoms with Gasteiger partial charge >= 0.3 is 5.97 Å². The van der Waals surface area contributed by atoms with Gasteiger partial charge in [-0.25, -0.2) is 4.39 Å². The standard InChI is InChI=1S/C14H16ClFO3/c1-14(2,13(17)18)7-8-5-9(16)6-11(15)12(8)19-10-3-4-10/h5-6,10H,3-4,7H2,1-2H3,(H,17,18). The van der Waals surface area contributed by atoms with Gasteiger partial charge in [-0.3, -0.25) is 4.79 Å². The Balaban J connectivity index is 2.33. The van der Waals surface area contributed by atoms with Crippen LogP contribution in [0.25, 0.3) is 0 Å². The smallest absolute Gasteiger partial charge is 0.309 e. The fraction of sp³-hybridized carbons (Fsp3) is 0.500. The Morgan fingerprint density at radius 3 is 2.68 bits per heavy atom. The molecule has 1 fully saturated rings. The van der Waals surface area contributed by atoms with E-state index in [0.717, 1.165) is 12.8 Å². The zero-order valence-corrected chi connectivity index (χ0v) is 11.6. The third-order valence-electron chi connectivity index (χ3n) is 3.11. The van der Waals surface area contributed by atoms with E-state index in [-0.39, 0.29) is 17.5 Å². The summed E-state index contributed by atoms with van der Waals surface area (Å²) < 4.78 is 19.1. The van der Waals surface area contributed by atoms with E-state index in [1.165, 1.54) is 12.1 Å². The molecule has 0 radical (unpaired) electrons. The molecular formula is C14H16ClFO3. The highest BCUT2D eigenvalue weighted by Crippen LogP contribution is 2.38. The number of benzene rings is 1. The van der Waals surface area contributed by atoms with Crippen LogP contribution >= 0.6 is 11.6 Å². The first-order chi connectivity index (χ1) is 8.79. The Kier molecular flexibility index (Phi) is 3.72. The lowest BCUT2D eigenvalue weighted by Crippen LogP contribution is -2.26. The third kappa shape index (κ3) is 3.38. The Bertz CT molecular complexity index is 510. The molecule has 0 heterocycles. The summed E-state index contributed by atoms with van der Waals surface area (Å²) in [6, 6.07) is 2.49. The Morgan fingerprint density at radius 1 is 1.53 bits per heavy atom. The molecule has 1 saturated carbocycles. The minimum absolute atomic E-state index is 0.120. The molecule has 0 saturated heterocycles. The summed E-state index contributed by atoms with van der Waals surface area (Å²) in [5.41, 5.74) is -0.497. The number of hydrogen-bond acceptors (Lipinski definition) is 2. The van der Waals surface area contributed by atoms with Gasteiger partial charge in [0.1, 0.15) is 11.6 Å². The molecule has 0 amide bonds. The summed E-state index contributed by atoms with van der Waals surface area (Å²) in [6.45, 7) is 3.18. The highest BCUT2D eigenvalue weighted by molar-refractivity contribution is 6.32. The highest BCUT2D eigenvalue weighted by Gasteiger charge is 2.31. The van der Waals surface area contributed by atoms with E-state index in [1.807, 2.05) is 0 Å². The molecular weight excluding hydrogens is 271 g/mol. The van der Waals surface area contributed by atoms with Crippen molar-refractivity contribution in [3.05, 3.63) is 28.5 Å². The molecule has 0 unspecified atom stereocenters. The molecule has 19 heavy (non-hydrogen) atoms. The van der Waals surface area contributed by atoms with Crippen LogP contribution in [0.1, 0.15) is 32.3 Å². The lowest BCUT2D eigenvalue weighted by Gasteiger charge is -2.21. The van der Waals surface area contributed by atoms with Crippen molar-refractivity contribution in [2.24, 2.45) is 5.41 Å². The van der Waals surface area contributed by atoms with E-state index < -0.39 is 17.2 Å². The number of carboxylic acid groups (broad SMARTS) is 1. The van der Waals surface area contributed by atoms with Crippen LogP contribution in [0.3, 0.4) is 0 Å². The van der Waals surface area contributed by atoms with E-state index >= 15 is 0 Å². The summed E-state index contributed by atoms with van der Waals surface area (Å²) in [6.07, 6.45) is 2.20. The number of aliphatic carboxylic acids is 1. The average Bonchev–Trinajstić information content (AvgIpc) is 3.06. The zero-order valence-electron chi connectivity index (χ0n) is 10.9. The van der Waals surface area contributed by atoms with Crippen molar-refractivity contribution in [2.75, 3.05) is 0 Å². The fourth-order valence-corrected chi connectivity index (χ4v) is 2.05. The Hall–Kier alpha value is -1.29. The first-order valence-electron chi connectivity index (χ1n) is 6.17. The van der Waals surface area contributed by atoms with Crippen LogP contribution in [-0.2, 0) is 11.2 Å². The highest BCUT2D eigenvalue weighted by atomic mass is 35.5. The van der Waals surface area contributed by atoms with Gasteiger partial charge in [0.2, 0.25) is 0 Å². The molecule has 0 aromatic heterocycles. The van der Waals surface area contributed by atoms with Gasteiger partial charge in [-0.1, -0.05) is 11.6 Å². The number of ether oxygens (including phenoxy) is 1. The van der Waals surface area contributed by atoms with Crippen LogP contribution in [0.4, 0.5) is 4.39 Å². The molecule has 104 valence electrons. The van der Waals surface area contributed by atoms with Gasteiger partial charge in [0.25, 0.3) is 0 Å². The fourth-order valence-electron chi connectivity index (χ4n) is 1.78. The molecule has 3 nitrogen and oxygen atoms in total.